The standard InChI is InChI=1S/C22H28N6O3S2/c1-3-31-21(29)18-15(2)17-19(27-5-7-28(8-6-27)22-23-4-13-32-22)24-16(25-20(17)33-18)14-26-9-11-30-12-10-26/h4,13H,3,5-12,14H2,1-2H3. The van der Waals surface area contributed by atoms with Crippen LogP contribution in [0.5, 0.6) is 0 Å². The summed E-state index contributed by atoms with van der Waals surface area (Å²) in [6.07, 6.45) is 1.85. The first kappa shape index (κ1) is 22.5. The maximum Gasteiger partial charge on any atom is 0.348 e. The summed E-state index contributed by atoms with van der Waals surface area (Å²) in [5.41, 5.74) is 0.906. The van der Waals surface area contributed by atoms with Gasteiger partial charge < -0.3 is 19.3 Å². The number of morpholine rings is 1. The monoisotopic (exact) mass is 488 g/mol. The minimum atomic E-state index is -0.285. The van der Waals surface area contributed by atoms with Gasteiger partial charge in [-0.1, -0.05) is 0 Å². The highest BCUT2D eigenvalue weighted by Crippen LogP contribution is 2.36. The van der Waals surface area contributed by atoms with Crippen LogP contribution in [0.1, 0.15) is 28.0 Å². The molecule has 5 rings (SSSR count). The highest BCUT2D eigenvalue weighted by Gasteiger charge is 2.27. The lowest BCUT2D eigenvalue weighted by Crippen LogP contribution is -2.47. The Balaban J connectivity index is 1.48. The summed E-state index contributed by atoms with van der Waals surface area (Å²) in [4.78, 5) is 35.4. The maximum atomic E-state index is 12.6. The highest BCUT2D eigenvalue weighted by molar-refractivity contribution is 7.20. The number of rotatable bonds is 6. The van der Waals surface area contributed by atoms with E-state index >= 15 is 0 Å². The van der Waals surface area contributed by atoms with Crippen LogP contribution in [0.15, 0.2) is 11.6 Å². The van der Waals surface area contributed by atoms with Crippen LogP contribution in [0, 0.1) is 6.92 Å². The average Bonchev–Trinajstić information content (AvgIpc) is 3.48. The molecular formula is C22H28N6O3S2. The second kappa shape index (κ2) is 9.88. The molecule has 2 aliphatic rings. The summed E-state index contributed by atoms with van der Waals surface area (Å²) in [6, 6.07) is 0. The second-order valence-corrected chi connectivity index (χ2v) is 9.97. The normalized spacial score (nSPS) is 17.6. The number of piperazine rings is 1. The molecule has 0 aromatic carbocycles. The summed E-state index contributed by atoms with van der Waals surface area (Å²) in [5, 5.41) is 4.04. The lowest BCUT2D eigenvalue weighted by Gasteiger charge is -2.35. The van der Waals surface area contributed by atoms with Gasteiger partial charge in [0.1, 0.15) is 21.3 Å². The maximum absolute atomic E-state index is 12.6. The van der Waals surface area contributed by atoms with Crippen molar-refractivity contribution in [2.24, 2.45) is 0 Å². The van der Waals surface area contributed by atoms with Gasteiger partial charge in [0.25, 0.3) is 0 Å². The summed E-state index contributed by atoms with van der Waals surface area (Å²) < 4.78 is 10.8. The highest BCUT2D eigenvalue weighted by atomic mass is 32.1. The van der Waals surface area contributed by atoms with E-state index in [1.54, 1.807) is 11.3 Å². The Morgan fingerprint density at radius 3 is 2.58 bits per heavy atom. The first-order chi connectivity index (χ1) is 16.1. The van der Waals surface area contributed by atoms with E-state index in [0.717, 1.165) is 85.0 Å². The molecule has 0 bridgehead atoms. The quantitative estimate of drug-likeness (QED) is 0.486. The van der Waals surface area contributed by atoms with Crippen molar-refractivity contribution in [2.45, 2.75) is 20.4 Å². The number of anilines is 2. The molecule has 0 N–H and O–H groups in total. The van der Waals surface area contributed by atoms with Crippen molar-refractivity contribution >= 4 is 49.8 Å². The molecular weight excluding hydrogens is 460 g/mol. The molecule has 0 saturated carbocycles. The Morgan fingerprint density at radius 2 is 1.88 bits per heavy atom. The first-order valence-corrected chi connectivity index (χ1v) is 13.0. The van der Waals surface area contributed by atoms with Gasteiger partial charge in [-0.2, -0.15) is 0 Å². The minimum absolute atomic E-state index is 0.285. The van der Waals surface area contributed by atoms with Gasteiger partial charge in [-0.15, -0.1) is 22.7 Å². The molecule has 3 aromatic rings. The van der Waals surface area contributed by atoms with Crippen molar-refractivity contribution in [1.29, 1.82) is 0 Å². The van der Waals surface area contributed by atoms with Crippen LogP contribution in [0.25, 0.3) is 10.2 Å². The Bertz CT molecular complexity index is 1110. The predicted octanol–water partition coefficient (Wildman–Crippen LogP) is 2.79. The number of ether oxygens (including phenoxy) is 2. The fraction of sp³-hybridized carbons (Fsp3) is 0.545. The van der Waals surface area contributed by atoms with E-state index in [4.69, 9.17) is 19.4 Å². The average molecular weight is 489 g/mol. The molecule has 0 atom stereocenters. The van der Waals surface area contributed by atoms with E-state index in [2.05, 4.69) is 19.7 Å². The van der Waals surface area contributed by atoms with Crippen LogP contribution in [-0.4, -0.2) is 84.9 Å². The Kier molecular flexibility index (Phi) is 6.72. The van der Waals surface area contributed by atoms with Crippen LogP contribution < -0.4 is 9.80 Å². The third-order valence-corrected chi connectivity index (χ3v) is 8.01. The molecule has 11 heteroatoms. The van der Waals surface area contributed by atoms with E-state index in [1.807, 2.05) is 25.4 Å². The zero-order valence-electron chi connectivity index (χ0n) is 19.0. The van der Waals surface area contributed by atoms with Gasteiger partial charge in [-0.05, 0) is 19.4 Å². The van der Waals surface area contributed by atoms with Crippen molar-refractivity contribution in [2.75, 3.05) is 68.9 Å². The van der Waals surface area contributed by atoms with Gasteiger partial charge in [0.05, 0.1) is 31.8 Å². The molecule has 0 radical (unpaired) electrons. The third-order valence-electron chi connectivity index (χ3n) is 6.02. The number of aryl methyl sites for hydroxylation is 1. The number of thiophene rings is 1. The molecule has 0 spiro atoms. The topological polar surface area (TPSA) is 83.9 Å². The first-order valence-electron chi connectivity index (χ1n) is 11.3. The molecule has 0 amide bonds. The number of thiazole rings is 1. The van der Waals surface area contributed by atoms with Crippen LogP contribution in [0.2, 0.25) is 0 Å². The molecule has 176 valence electrons. The molecule has 2 fully saturated rings. The Morgan fingerprint density at radius 1 is 1.12 bits per heavy atom. The lowest BCUT2D eigenvalue weighted by atomic mass is 10.1. The van der Waals surface area contributed by atoms with E-state index < -0.39 is 0 Å². The van der Waals surface area contributed by atoms with E-state index in [-0.39, 0.29) is 5.97 Å². The van der Waals surface area contributed by atoms with Gasteiger partial charge in [0.2, 0.25) is 0 Å². The summed E-state index contributed by atoms with van der Waals surface area (Å²) >= 11 is 3.08. The van der Waals surface area contributed by atoms with Crippen LogP contribution >= 0.6 is 22.7 Å². The van der Waals surface area contributed by atoms with Crippen molar-refractivity contribution in [3.05, 3.63) is 27.8 Å². The molecule has 5 heterocycles. The van der Waals surface area contributed by atoms with Crippen LogP contribution in [0.4, 0.5) is 10.9 Å². The summed E-state index contributed by atoms with van der Waals surface area (Å²) in [7, 11) is 0. The fourth-order valence-corrected chi connectivity index (χ4v) is 6.08. The summed E-state index contributed by atoms with van der Waals surface area (Å²) in [5.74, 6) is 1.43. The van der Waals surface area contributed by atoms with Crippen LogP contribution in [0.3, 0.4) is 0 Å². The molecule has 3 aromatic heterocycles. The van der Waals surface area contributed by atoms with Gasteiger partial charge in [-0.25, -0.2) is 19.7 Å². The lowest BCUT2D eigenvalue weighted by molar-refractivity contribution is 0.0331. The van der Waals surface area contributed by atoms with Gasteiger partial charge in [0, 0.05) is 50.8 Å². The van der Waals surface area contributed by atoms with Gasteiger partial charge in [0.15, 0.2) is 5.13 Å². The van der Waals surface area contributed by atoms with Crippen LogP contribution in [-0.2, 0) is 16.0 Å². The fourth-order valence-electron chi connectivity index (χ4n) is 4.29. The molecule has 2 aliphatic heterocycles. The van der Waals surface area contributed by atoms with E-state index in [9.17, 15) is 4.79 Å². The summed E-state index contributed by atoms with van der Waals surface area (Å²) in [6.45, 7) is 11.5. The number of esters is 1. The largest absolute Gasteiger partial charge is 0.462 e. The Hall–Kier alpha value is -2.34. The van der Waals surface area contributed by atoms with Gasteiger partial charge in [-0.3, -0.25) is 4.90 Å². The number of hydrogen-bond donors (Lipinski definition) is 0. The zero-order valence-corrected chi connectivity index (χ0v) is 20.6. The third kappa shape index (κ3) is 4.68. The second-order valence-electron chi connectivity index (χ2n) is 8.10. The zero-order chi connectivity index (χ0) is 22.8. The van der Waals surface area contributed by atoms with Crippen molar-refractivity contribution in [1.82, 2.24) is 19.9 Å². The predicted molar refractivity (Wildman–Crippen MR) is 131 cm³/mol. The van der Waals surface area contributed by atoms with Crippen molar-refractivity contribution < 1.29 is 14.3 Å². The Labute approximate surface area is 201 Å². The number of carbonyl (C=O) groups excluding carboxylic acids is 1. The molecule has 9 nitrogen and oxygen atoms in total. The molecule has 0 aliphatic carbocycles. The number of nitrogens with zero attached hydrogens (tertiary/aromatic N) is 6. The number of carbonyl (C=O) groups is 1. The molecule has 2 saturated heterocycles. The molecule has 0 unspecified atom stereocenters. The molecule has 33 heavy (non-hydrogen) atoms. The van der Waals surface area contributed by atoms with Crippen molar-refractivity contribution in [3.8, 4) is 0 Å². The minimum Gasteiger partial charge on any atom is -0.462 e. The smallest absolute Gasteiger partial charge is 0.348 e. The SMILES string of the molecule is CCOC(=O)c1sc2nc(CN3CCOCC3)nc(N3CCN(c4nccs4)CC3)c2c1C. The van der Waals surface area contributed by atoms with Crippen molar-refractivity contribution in [3.63, 3.8) is 0 Å². The number of aromatic nitrogens is 3. The number of fused-ring (bicyclic) bond motifs is 1. The van der Waals surface area contributed by atoms with E-state index in [1.165, 1.54) is 11.3 Å². The van der Waals surface area contributed by atoms with E-state index in [0.29, 0.717) is 18.0 Å². The number of hydrogen-bond acceptors (Lipinski definition) is 11. The van der Waals surface area contributed by atoms with Gasteiger partial charge >= 0.3 is 5.97 Å².